The number of H-pyrrole nitrogens is 1. The summed E-state index contributed by atoms with van der Waals surface area (Å²) >= 11 is 5.69. The smallest absolute Gasteiger partial charge is 0.305 e. The summed E-state index contributed by atoms with van der Waals surface area (Å²) in [7, 11) is 1.17. The number of carbonyl (C=O) groups is 6. The van der Waals surface area contributed by atoms with Crippen LogP contribution in [-0.2, 0) is 78.7 Å². The second-order valence-electron chi connectivity index (χ2n) is 14.4. The largest absolute Gasteiger partial charge is 0.469 e. The summed E-state index contributed by atoms with van der Waals surface area (Å²) in [5.74, 6) is -13.0. The van der Waals surface area contributed by atoms with Crippen molar-refractivity contribution in [2.45, 2.75) is 82.6 Å². The molecule has 5 amide bonds. The summed E-state index contributed by atoms with van der Waals surface area (Å²) in [6, 6.07) is 10.4. The average molecular weight is 1030 g/mol. The molecule has 1 saturated heterocycles. The van der Waals surface area contributed by atoms with Crippen molar-refractivity contribution in [3.8, 4) is 0 Å². The van der Waals surface area contributed by atoms with Gasteiger partial charge < -0.3 is 35.9 Å². The second kappa shape index (κ2) is 22.7. The van der Waals surface area contributed by atoms with E-state index in [-0.39, 0.29) is 64.6 Å². The molecule has 19 heteroatoms. The molecule has 1 fully saturated rings. The van der Waals surface area contributed by atoms with Gasteiger partial charge in [-0.25, -0.2) is 8.78 Å². The summed E-state index contributed by atoms with van der Waals surface area (Å²) in [5, 5.41) is 11.0. The number of methoxy groups -OCH3 is 1. The van der Waals surface area contributed by atoms with Gasteiger partial charge in [0.1, 0.15) is 30.0 Å². The Morgan fingerprint density at radius 3 is 2.30 bits per heavy atom. The fourth-order valence-corrected chi connectivity index (χ4v) is 7.01. The number of likely N-dealkylation sites (tertiary alicyclic amines) is 1. The van der Waals surface area contributed by atoms with E-state index in [2.05, 4.69) is 31.0 Å². The number of aromatic amines is 1. The van der Waals surface area contributed by atoms with E-state index < -0.39 is 101 Å². The number of amides is 5. The molecule has 5 rings (SSSR count). The Hall–Kier alpha value is -5.10. The van der Waals surface area contributed by atoms with Crippen LogP contribution in [0.15, 0.2) is 54.7 Å². The number of halogens is 5. The van der Waals surface area contributed by atoms with Crippen molar-refractivity contribution in [2.24, 2.45) is 0 Å². The van der Waals surface area contributed by atoms with E-state index in [0.717, 1.165) is 5.56 Å². The molecule has 2 heterocycles. The molecule has 0 unspecified atom stereocenters. The molecule has 0 spiro atoms. The number of fused-ring (bicyclic) bond motifs is 1. The van der Waals surface area contributed by atoms with E-state index in [4.69, 9.17) is 11.6 Å². The monoisotopic (exact) mass is 1040 g/mol. The number of hydrogen-bond acceptors (Lipinski definition) is 7. The number of para-hydroxylation sites is 1. The normalized spacial score (nSPS) is 15.1. The molecule has 324 valence electrons. The molecule has 0 saturated carbocycles. The van der Waals surface area contributed by atoms with E-state index in [1.54, 1.807) is 60.8 Å². The fourth-order valence-electron chi connectivity index (χ4n) is 6.93. The molecule has 1 aliphatic heterocycles. The standard InChI is InChI=1S/C42H44ClF4N6O7.Hf/c1-23-10-12-24(13-11-23)21-49-39(56)31(18-25-17-28(44)37(46)38(47)36(25)45)51-40(57)32(19-26-22-48-29-8-4-3-7-27(26)29)52-41(58)33-9-5-6-16-53(33)42(59)30(50-34(54)20-43)14-15-35(55)60-2;/h3-4,7-8,10-13,22,30-33,48H,5-6,9,14-16,18-21H2,1-2H3,(H,49,56)(H,50,54)(H,51,57)(H,52,58);/q-1;/t30-,31-,32-,33-;/m0./s1. The van der Waals surface area contributed by atoms with Gasteiger partial charge in [0, 0.05) is 80.5 Å². The van der Waals surface area contributed by atoms with Crippen LogP contribution in [0.4, 0.5) is 17.6 Å². The number of alkyl halides is 1. The minimum absolute atomic E-state index is 0. The molecule has 0 aliphatic carbocycles. The first kappa shape index (κ1) is 48.6. The van der Waals surface area contributed by atoms with E-state index >= 15 is 0 Å². The molecule has 4 atom stereocenters. The van der Waals surface area contributed by atoms with Gasteiger partial charge in [0.05, 0.1) is 18.7 Å². The van der Waals surface area contributed by atoms with Crippen molar-refractivity contribution in [1.29, 1.82) is 0 Å². The van der Waals surface area contributed by atoms with Gasteiger partial charge in [-0.1, -0.05) is 48.0 Å². The molecule has 13 nitrogen and oxygen atoms in total. The van der Waals surface area contributed by atoms with Crippen LogP contribution < -0.4 is 21.3 Å². The molecule has 3 aromatic carbocycles. The zero-order valence-electron chi connectivity index (χ0n) is 33.3. The van der Waals surface area contributed by atoms with E-state index in [1.807, 2.05) is 6.92 Å². The first-order valence-electron chi connectivity index (χ1n) is 19.2. The van der Waals surface area contributed by atoms with Gasteiger partial charge >= 0.3 is 5.97 Å². The van der Waals surface area contributed by atoms with Gasteiger partial charge in [0.15, 0.2) is 0 Å². The third-order valence-corrected chi connectivity index (χ3v) is 10.4. The first-order chi connectivity index (χ1) is 28.7. The van der Waals surface area contributed by atoms with Gasteiger partial charge in [0.25, 0.3) is 0 Å². The number of aryl methyl sites for hydroxylation is 1. The van der Waals surface area contributed by atoms with Crippen LogP contribution in [-0.4, -0.2) is 89.1 Å². The van der Waals surface area contributed by atoms with Crippen LogP contribution in [0.2, 0.25) is 0 Å². The summed E-state index contributed by atoms with van der Waals surface area (Å²) in [5.41, 5.74) is 2.01. The molecule has 5 N–H and O–H groups in total. The molecular weight excluding hydrogens is 990 g/mol. The maximum absolute atomic E-state index is 15.0. The molecule has 61 heavy (non-hydrogen) atoms. The molecule has 1 aliphatic rings. The third-order valence-electron chi connectivity index (χ3n) is 10.2. The van der Waals surface area contributed by atoms with Crippen molar-refractivity contribution in [3.05, 3.63) is 106 Å². The topological polar surface area (TPSA) is 179 Å². The second-order valence-corrected chi connectivity index (χ2v) is 14.6. The van der Waals surface area contributed by atoms with Crippen LogP contribution >= 0.6 is 11.6 Å². The first-order valence-corrected chi connectivity index (χ1v) is 19.7. The number of aromatic nitrogens is 1. The van der Waals surface area contributed by atoms with Crippen molar-refractivity contribution in [2.75, 3.05) is 19.5 Å². The zero-order chi connectivity index (χ0) is 43.5. The zero-order valence-corrected chi connectivity index (χ0v) is 37.6. The number of esters is 1. The third kappa shape index (κ3) is 12.7. The van der Waals surface area contributed by atoms with Crippen LogP contribution in [0.25, 0.3) is 10.9 Å². The van der Waals surface area contributed by atoms with E-state index in [9.17, 15) is 46.3 Å². The minimum Gasteiger partial charge on any atom is -0.469 e. The van der Waals surface area contributed by atoms with Gasteiger partial charge in [-0.3, -0.25) is 37.5 Å². The van der Waals surface area contributed by atoms with Crippen LogP contribution in [0.1, 0.15) is 54.4 Å². The minimum atomic E-state index is -2.13. The van der Waals surface area contributed by atoms with Crippen LogP contribution in [0, 0.1) is 36.3 Å². The average Bonchev–Trinajstić information content (AvgIpc) is 3.67. The molecule has 0 radical (unpaired) electrons. The number of piperidine rings is 1. The maximum Gasteiger partial charge on any atom is 0.305 e. The SMILES string of the molecule is COC(=O)CC[C@H](NC(=O)CCl)C(=O)N1CCCC[C@H]1C(=O)N[C@@H](Cc1c[nH]c2ccccc12)C(=O)N[C@@H](Cc1[c-]c(F)c(F)c(F)c1F)C(=O)NCc1ccc(C)cc1.[Hf]. The quantitative estimate of drug-likeness (QED) is 0.0202. The van der Waals surface area contributed by atoms with E-state index in [0.29, 0.717) is 34.9 Å². The molecular formula is C42H44ClF4HfN6O7-. The van der Waals surface area contributed by atoms with Crippen molar-refractivity contribution >= 4 is 58.0 Å². The molecule has 0 bridgehead atoms. The number of rotatable bonds is 17. The summed E-state index contributed by atoms with van der Waals surface area (Å²) < 4.78 is 62.2. The van der Waals surface area contributed by atoms with Gasteiger partial charge in [-0.05, 0) is 56.2 Å². The van der Waals surface area contributed by atoms with E-state index in [1.165, 1.54) is 12.0 Å². The number of nitrogens with one attached hydrogen (secondary N) is 5. The Morgan fingerprint density at radius 1 is 0.885 bits per heavy atom. The summed E-state index contributed by atoms with van der Waals surface area (Å²) in [4.78, 5) is 84.9. The predicted molar refractivity (Wildman–Crippen MR) is 211 cm³/mol. The van der Waals surface area contributed by atoms with Crippen LogP contribution in [0.3, 0.4) is 0 Å². The number of hydrogen-bond donors (Lipinski definition) is 5. The van der Waals surface area contributed by atoms with Crippen molar-refractivity contribution in [3.63, 3.8) is 0 Å². The Balaban J connectivity index is 0.00000819. The Labute approximate surface area is 372 Å². The van der Waals surface area contributed by atoms with Crippen molar-refractivity contribution < 1.29 is 76.9 Å². The number of carbonyl (C=O) groups excluding carboxylic acids is 6. The Kier molecular flexibility index (Phi) is 18.0. The molecule has 1 aromatic heterocycles. The van der Waals surface area contributed by atoms with Crippen LogP contribution in [0.5, 0.6) is 0 Å². The summed E-state index contributed by atoms with van der Waals surface area (Å²) in [6.45, 7) is 1.90. The molecule has 4 aromatic rings. The van der Waals surface area contributed by atoms with Crippen molar-refractivity contribution in [1.82, 2.24) is 31.2 Å². The Bertz CT molecular complexity index is 2230. The van der Waals surface area contributed by atoms with Gasteiger partial charge in [-0.2, -0.15) is 0 Å². The fraction of sp³-hybridized carbons (Fsp3) is 0.381. The maximum atomic E-state index is 15.0. The Morgan fingerprint density at radius 2 is 1.59 bits per heavy atom. The predicted octanol–water partition coefficient (Wildman–Crippen LogP) is 3.96. The number of ether oxygens (including phenoxy) is 1. The van der Waals surface area contributed by atoms with Gasteiger partial charge in [-0.15, -0.1) is 23.2 Å². The van der Waals surface area contributed by atoms with Gasteiger partial charge in [0.2, 0.25) is 29.5 Å². The number of nitrogens with zero attached hydrogens (tertiary/aromatic N) is 1. The summed E-state index contributed by atoms with van der Waals surface area (Å²) in [6.07, 6.45) is 1.37. The number of benzene rings is 3.